The van der Waals surface area contributed by atoms with Crippen molar-refractivity contribution in [1.29, 1.82) is 0 Å². The molecule has 0 saturated heterocycles. The molecule has 0 aromatic heterocycles. The van der Waals surface area contributed by atoms with Gasteiger partial charge in [0.25, 0.3) is 6.02 Å². The molecule has 0 aromatic rings. The number of allylic oxidation sites excluding steroid dienone is 6. The van der Waals surface area contributed by atoms with Crippen LogP contribution in [-0.4, -0.2) is 35.8 Å². The fraction of sp³-hybridized carbons (Fsp3) is 0.600. The number of amidine groups is 2. The van der Waals surface area contributed by atoms with E-state index < -0.39 is 6.10 Å². The molecular weight excluding hydrogens is 374 g/mol. The molecule has 6 unspecified atom stereocenters. The van der Waals surface area contributed by atoms with Gasteiger partial charge in [0, 0.05) is 5.92 Å². The lowest BCUT2D eigenvalue weighted by Crippen LogP contribution is -2.47. The normalized spacial score (nSPS) is 37.7. The van der Waals surface area contributed by atoms with Gasteiger partial charge < -0.3 is 15.2 Å². The van der Waals surface area contributed by atoms with Crippen molar-refractivity contribution < 1.29 is 9.84 Å². The van der Waals surface area contributed by atoms with Crippen LogP contribution in [0.1, 0.15) is 51.9 Å². The average Bonchev–Trinajstić information content (AvgIpc) is 2.77. The van der Waals surface area contributed by atoms with Crippen LogP contribution in [0.2, 0.25) is 0 Å². The molecule has 5 nitrogen and oxygen atoms in total. The fourth-order valence-corrected chi connectivity index (χ4v) is 5.69. The third kappa shape index (κ3) is 3.92. The maximum Gasteiger partial charge on any atom is 0.293 e. The van der Waals surface area contributed by atoms with Crippen molar-refractivity contribution in [2.24, 2.45) is 33.7 Å². The van der Waals surface area contributed by atoms with Gasteiger partial charge in [-0.15, -0.1) is 0 Å². The van der Waals surface area contributed by atoms with Crippen molar-refractivity contribution in [3.8, 4) is 0 Å². The maximum absolute atomic E-state index is 10.5. The van der Waals surface area contributed by atoms with Gasteiger partial charge in [0.05, 0.1) is 12.7 Å². The third-order valence-corrected chi connectivity index (χ3v) is 7.31. The molecular formula is C25H33N3O2. The van der Waals surface area contributed by atoms with Gasteiger partial charge in [-0.2, -0.15) is 4.99 Å². The number of ether oxygens (including phenoxy) is 1. The quantitative estimate of drug-likeness (QED) is 0.686. The molecule has 0 saturated carbocycles. The molecule has 6 atom stereocenters. The van der Waals surface area contributed by atoms with Crippen LogP contribution in [0.5, 0.6) is 0 Å². The van der Waals surface area contributed by atoms with E-state index in [4.69, 9.17) is 14.7 Å². The number of nitrogens with zero attached hydrogens (tertiary/aromatic N) is 2. The Morgan fingerprint density at radius 2 is 2.13 bits per heavy atom. The minimum absolute atomic E-state index is 0.0421. The highest BCUT2D eigenvalue weighted by Gasteiger charge is 2.36. The molecule has 1 aliphatic heterocycles. The van der Waals surface area contributed by atoms with Crippen LogP contribution in [0, 0.1) is 23.7 Å². The van der Waals surface area contributed by atoms with Crippen molar-refractivity contribution in [3.63, 3.8) is 0 Å². The van der Waals surface area contributed by atoms with Crippen molar-refractivity contribution in [3.05, 3.63) is 47.6 Å². The summed E-state index contributed by atoms with van der Waals surface area (Å²) in [4.78, 5) is 9.70. The first kappa shape index (κ1) is 19.8. The predicted octanol–water partition coefficient (Wildman–Crippen LogP) is 4.28. The van der Waals surface area contributed by atoms with E-state index in [0.717, 1.165) is 31.5 Å². The van der Waals surface area contributed by atoms with E-state index in [9.17, 15) is 5.11 Å². The Hall–Kier alpha value is -2.14. The lowest BCUT2D eigenvalue weighted by Gasteiger charge is -2.39. The Kier molecular flexibility index (Phi) is 5.64. The topological polar surface area (TPSA) is 66.2 Å². The molecule has 1 heterocycles. The van der Waals surface area contributed by atoms with Crippen LogP contribution in [0.15, 0.2) is 57.6 Å². The van der Waals surface area contributed by atoms with E-state index in [1.165, 1.54) is 24.8 Å². The first-order valence-corrected chi connectivity index (χ1v) is 11.7. The van der Waals surface area contributed by atoms with Crippen LogP contribution in [0.25, 0.3) is 0 Å². The van der Waals surface area contributed by atoms with Gasteiger partial charge in [-0.05, 0) is 75.2 Å². The number of aliphatic hydroxyl groups excluding tert-OH is 1. The number of rotatable bonds is 3. The lowest BCUT2D eigenvalue weighted by molar-refractivity contribution is 0.116. The average molecular weight is 408 g/mol. The van der Waals surface area contributed by atoms with E-state index >= 15 is 0 Å². The van der Waals surface area contributed by atoms with Crippen LogP contribution < -0.4 is 5.32 Å². The molecule has 5 aliphatic rings. The highest BCUT2D eigenvalue weighted by Crippen LogP contribution is 2.44. The Bertz CT molecular complexity index is 850. The zero-order valence-corrected chi connectivity index (χ0v) is 17.8. The highest BCUT2D eigenvalue weighted by atomic mass is 16.5. The van der Waals surface area contributed by atoms with Gasteiger partial charge in [0.15, 0.2) is 5.84 Å². The lowest BCUT2D eigenvalue weighted by atomic mass is 9.67. The molecule has 0 spiro atoms. The minimum Gasteiger partial charge on any atom is -0.465 e. The zero-order chi connectivity index (χ0) is 20.5. The van der Waals surface area contributed by atoms with Crippen LogP contribution >= 0.6 is 0 Å². The molecule has 4 aliphatic carbocycles. The van der Waals surface area contributed by atoms with Crippen LogP contribution in [0.4, 0.5) is 0 Å². The Morgan fingerprint density at radius 1 is 1.23 bits per heavy atom. The Balaban J connectivity index is 1.39. The molecule has 30 heavy (non-hydrogen) atoms. The Morgan fingerprint density at radius 3 is 3.00 bits per heavy atom. The predicted molar refractivity (Wildman–Crippen MR) is 120 cm³/mol. The van der Waals surface area contributed by atoms with Gasteiger partial charge in [0.1, 0.15) is 6.17 Å². The zero-order valence-electron chi connectivity index (χ0n) is 17.8. The summed E-state index contributed by atoms with van der Waals surface area (Å²) in [6.45, 7) is 2.53. The number of fused-ring (bicyclic) bond motifs is 2. The molecule has 0 amide bonds. The van der Waals surface area contributed by atoms with Crippen molar-refractivity contribution in [2.45, 2.75) is 64.1 Å². The molecule has 5 rings (SSSR count). The van der Waals surface area contributed by atoms with Crippen molar-refractivity contribution in [1.82, 2.24) is 5.32 Å². The first-order valence-electron chi connectivity index (χ1n) is 11.7. The summed E-state index contributed by atoms with van der Waals surface area (Å²) in [5, 5.41) is 13.8. The summed E-state index contributed by atoms with van der Waals surface area (Å²) in [6, 6.07) is 0.540. The molecule has 5 heteroatoms. The smallest absolute Gasteiger partial charge is 0.293 e. The molecule has 160 valence electrons. The summed E-state index contributed by atoms with van der Waals surface area (Å²) in [5.41, 5.74) is 2.91. The van der Waals surface area contributed by atoms with Crippen LogP contribution in [0.3, 0.4) is 0 Å². The largest absolute Gasteiger partial charge is 0.465 e. The highest BCUT2D eigenvalue weighted by molar-refractivity contribution is 6.06. The molecule has 2 N–H and O–H groups in total. The summed E-state index contributed by atoms with van der Waals surface area (Å²) in [6.07, 6.45) is 20.6. The second-order valence-electron chi connectivity index (χ2n) is 9.20. The van der Waals surface area contributed by atoms with Gasteiger partial charge in [-0.3, -0.25) is 0 Å². The van der Waals surface area contributed by atoms with E-state index in [-0.39, 0.29) is 12.1 Å². The maximum atomic E-state index is 10.5. The summed E-state index contributed by atoms with van der Waals surface area (Å²) >= 11 is 0. The first-order chi connectivity index (χ1) is 14.7. The van der Waals surface area contributed by atoms with Gasteiger partial charge in [0.2, 0.25) is 0 Å². The second-order valence-corrected chi connectivity index (χ2v) is 9.20. The van der Waals surface area contributed by atoms with Crippen molar-refractivity contribution >= 4 is 11.9 Å². The number of hydrogen-bond acceptors (Lipinski definition) is 5. The summed E-state index contributed by atoms with van der Waals surface area (Å²) < 4.78 is 5.75. The second kappa shape index (κ2) is 8.54. The molecule has 0 radical (unpaired) electrons. The standard InChI is InChI=1S/C25H33N3O2/c1-2-30-25-27-23(26-24(28-25)21-9-5-6-10-22(21)29)19-12-11-18-13-16-7-3-4-8-17(16)14-20(18)15-19/h4,6,8,10,12-13,17-18,20-22,24,29H,2-3,5,7,9,11,14-15H2,1H3,(H,26,27,28). The number of hydrogen-bond donors (Lipinski definition) is 2. The number of nitrogens with one attached hydrogen (secondary N) is 1. The van der Waals surface area contributed by atoms with E-state index in [1.54, 1.807) is 5.57 Å². The van der Waals surface area contributed by atoms with Gasteiger partial charge in [-0.25, -0.2) is 4.99 Å². The number of aliphatic hydroxyl groups is 1. The van der Waals surface area contributed by atoms with E-state index in [0.29, 0.717) is 30.4 Å². The van der Waals surface area contributed by atoms with Gasteiger partial charge in [-0.1, -0.05) is 42.0 Å². The summed E-state index contributed by atoms with van der Waals surface area (Å²) in [7, 11) is 0. The monoisotopic (exact) mass is 407 g/mol. The Labute approximate surface area is 179 Å². The van der Waals surface area contributed by atoms with Crippen LogP contribution in [-0.2, 0) is 4.74 Å². The molecule has 0 fully saturated rings. The van der Waals surface area contributed by atoms with Gasteiger partial charge >= 0.3 is 0 Å². The third-order valence-electron chi connectivity index (χ3n) is 7.31. The minimum atomic E-state index is -0.480. The van der Waals surface area contributed by atoms with E-state index in [2.05, 4.69) is 35.7 Å². The van der Waals surface area contributed by atoms with Crippen molar-refractivity contribution in [2.75, 3.05) is 6.61 Å². The summed E-state index contributed by atoms with van der Waals surface area (Å²) in [5.74, 6) is 2.79. The fourth-order valence-electron chi connectivity index (χ4n) is 5.69. The SMILES string of the molecule is CCOC1=NC(C2=CCC3C=C4CCC=CC4CC3C2)=NC(C2CCC=CC2O)N1. The number of aliphatic imine (C=N–C) groups is 2. The van der Waals surface area contributed by atoms with E-state index in [1.807, 2.05) is 13.0 Å². The molecule has 0 aromatic carbocycles. The molecule has 0 bridgehead atoms.